The number of nitrogens with one attached hydrogen (secondary N) is 1. The standard InChI is InChI=1S/C20H18N2O6S2/c23-10(24)3-4-22-18(25)12-7-6-8(13(12)19(22)26)15-11(7)14(9-2-1-5-28-9)16-17(29-15)21-20(27)30-16/h1-2,5,7-8,11-15H,3-4,6H2,(H,21,27)(H,23,24)/t7-,8-,11+,12-,13-,14-,15+/m1/s1. The summed E-state index contributed by atoms with van der Waals surface area (Å²) in [5.41, 5.74) is 0. The van der Waals surface area contributed by atoms with Crippen LogP contribution < -0.4 is 4.87 Å². The molecule has 2 N–H and O–H groups in total. The third kappa shape index (κ3) is 2.34. The van der Waals surface area contributed by atoms with E-state index in [-0.39, 0.29) is 64.5 Å². The highest BCUT2D eigenvalue weighted by Crippen LogP contribution is 2.68. The third-order valence-electron chi connectivity index (χ3n) is 7.21. The first kappa shape index (κ1) is 18.4. The van der Waals surface area contributed by atoms with Gasteiger partial charge in [0.1, 0.15) is 5.76 Å². The number of furan rings is 1. The highest BCUT2D eigenvalue weighted by molar-refractivity contribution is 8.00. The number of aliphatic carboxylic acids is 1. The number of amides is 2. The van der Waals surface area contributed by atoms with E-state index < -0.39 is 11.9 Å². The Kier molecular flexibility index (Phi) is 3.89. The molecule has 30 heavy (non-hydrogen) atoms. The molecule has 4 aliphatic rings. The van der Waals surface area contributed by atoms with E-state index in [2.05, 4.69) is 4.98 Å². The molecule has 1 saturated heterocycles. The third-order valence-corrected chi connectivity index (χ3v) is 9.80. The van der Waals surface area contributed by atoms with Crippen molar-refractivity contribution in [1.82, 2.24) is 9.88 Å². The van der Waals surface area contributed by atoms with Crippen molar-refractivity contribution in [3.63, 3.8) is 0 Å². The lowest BCUT2D eigenvalue weighted by molar-refractivity contribution is -0.142. The zero-order valence-electron chi connectivity index (χ0n) is 15.6. The summed E-state index contributed by atoms with van der Waals surface area (Å²) in [6.45, 7) is -0.0653. The van der Waals surface area contributed by atoms with Gasteiger partial charge in [-0.05, 0) is 36.3 Å². The van der Waals surface area contributed by atoms with E-state index in [1.807, 2.05) is 12.1 Å². The minimum absolute atomic E-state index is 0.0178. The van der Waals surface area contributed by atoms with Crippen LogP contribution in [0.3, 0.4) is 0 Å². The summed E-state index contributed by atoms with van der Waals surface area (Å²) in [4.78, 5) is 54.2. The molecule has 7 atom stereocenters. The number of aromatic nitrogens is 1. The Morgan fingerprint density at radius 1 is 1.23 bits per heavy atom. The van der Waals surface area contributed by atoms with E-state index in [4.69, 9.17) is 9.52 Å². The number of carboxylic acid groups (broad SMARTS) is 1. The number of likely N-dealkylation sites (tertiary alicyclic amines) is 1. The Balaban J connectivity index is 1.40. The second kappa shape index (κ2) is 6.34. The van der Waals surface area contributed by atoms with Crippen LogP contribution in [-0.2, 0) is 14.4 Å². The van der Waals surface area contributed by atoms with Gasteiger partial charge in [0.15, 0.2) is 0 Å². The molecule has 2 bridgehead atoms. The molecule has 2 amide bonds. The first-order valence-corrected chi connectivity index (χ1v) is 11.7. The monoisotopic (exact) mass is 446 g/mol. The van der Waals surface area contributed by atoms with Crippen molar-refractivity contribution in [2.45, 2.75) is 29.0 Å². The summed E-state index contributed by atoms with van der Waals surface area (Å²) in [7, 11) is 0. The molecule has 4 heterocycles. The number of thiazole rings is 1. The number of carbonyl (C=O) groups is 3. The maximum absolute atomic E-state index is 13.1. The van der Waals surface area contributed by atoms with Gasteiger partial charge in [0.05, 0.1) is 40.3 Å². The topological polar surface area (TPSA) is 121 Å². The Bertz CT molecular complexity index is 1120. The van der Waals surface area contributed by atoms with Crippen molar-refractivity contribution in [1.29, 1.82) is 0 Å². The highest BCUT2D eigenvalue weighted by atomic mass is 32.2. The lowest BCUT2D eigenvalue weighted by Gasteiger charge is -2.42. The zero-order valence-corrected chi connectivity index (χ0v) is 17.3. The molecule has 156 valence electrons. The normalized spacial score (nSPS) is 36.1. The average Bonchev–Trinajstić information content (AvgIpc) is 3.48. The number of hydrogen-bond acceptors (Lipinski definition) is 7. The maximum atomic E-state index is 13.1. The molecule has 10 heteroatoms. The quantitative estimate of drug-likeness (QED) is 0.689. The number of rotatable bonds is 4. The van der Waals surface area contributed by atoms with E-state index in [0.717, 1.165) is 22.1 Å². The van der Waals surface area contributed by atoms with Gasteiger partial charge in [-0.2, -0.15) is 0 Å². The molecule has 3 fully saturated rings. The van der Waals surface area contributed by atoms with E-state index in [1.165, 1.54) is 16.2 Å². The molecule has 0 aromatic carbocycles. The predicted molar refractivity (Wildman–Crippen MR) is 106 cm³/mol. The first-order valence-electron chi connectivity index (χ1n) is 9.95. The van der Waals surface area contributed by atoms with Gasteiger partial charge in [-0.3, -0.25) is 24.1 Å². The second-order valence-electron chi connectivity index (χ2n) is 8.45. The van der Waals surface area contributed by atoms with Gasteiger partial charge in [-0.15, -0.1) is 11.8 Å². The van der Waals surface area contributed by atoms with Crippen molar-refractivity contribution < 1.29 is 23.9 Å². The van der Waals surface area contributed by atoms with Crippen molar-refractivity contribution in [3.8, 4) is 0 Å². The van der Waals surface area contributed by atoms with Crippen LogP contribution in [0.1, 0.15) is 29.4 Å². The van der Waals surface area contributed by atoms with Crippen LogP contribution in [0.2, 0.25) is 0 Å². The molecule has 8 nitrogen and oxygen atoms in total. The van der Waals surface area contributed by atoms with E-state index in [1.54, 1.807) is 18.0 Å². The number of hydrogen-bond donors (Lipinski definition) is 2. The number of imide groups is 1. The van der Waals surface area contributed by atoms with E-state index in [0.29, 0.717) is 0 Å². The van der Waals surface area contributed by atoms with Gasteiger partial charge in [-0.25, -0.2) is 0 Å². The molecule has 0 unspecified atom stereocenters. The number of thioether (sulfide) groups is 1. The summed E-state index contributed by atoms with van der Waals surface area (Å²) >= 11 is 2.81. The number of carbonyl (C=O) groups excluding carboxylic acids is 2. The number of H-pyrrole nitrogens is 1. The molecule has 2 aliphatic carbocycles. The molecular weight excluding hydrogens is 428 g/mol. The minimum Gasteiger partial charge on any atom is -0.481 e. The van der Waals surface area contributed by atoms with Gasteiger partial charge in [0.25, 0.3) is 0 Å². The van der Waals surface area contributed by atoms with Crippen LogP contribution in [-0.4, -0.2) is 44.6 Å². The molecule has 2 aliphatic heterocycles. The lowest BCUT2D eigenvalue weighted by atomic mass is 9.69. The molecule has 6 rings (SSSR count). The van der Waals surface area contributed by atoms with Crippen LogP contribution in [0.25, 0.3) is 0 Å². The van der Waals surface area contributed by atoms with Crippen LogP contribution in [0, 0.1) is 29.6 Å². The SMILES string of the molecule is O=C(O)CCN1C(=O)[C@@H]2[C@H]3C[C@@H]([C@H]2C1=O)[C@H]1[C@@H](c2ccco2)c2sc(=O)[nH]c2S[C@@H]31. The Hall–Kier alpha value is -2.33. The predicted octanol–water partition coefficient (Wildman–Crippen LogP) is 1.98. The van der Waals surface area contributed by atoms with Gasteiger partial charge in [-0.1, -0.05) is 11.3 Å². The van der Waals surface area contributed by atoms with Crippen molar-refractivity contribution >= 4 is 40.9 Å². The van der Waals surface area contributed by atoms with Crippen molar-refractivity contribution in [3.05, 3.63) is 38.7 Å². The fourth-order valence-electron chi connectivity index (χ4n) is 6.29. The summed E-state index contributed by atoms with van der Waals surface area (Å²) < 4.78 is 5.75. The van der Waals surface area contributed by atoms with Crippen LogP contribution in [0.15, 0.2) is 32.6 Å². The number of fused-ring (bicyclic) bond motifs is 9. The highest BCUT2D eigenvalue weighted by Gasteiger charge is 2.69. The van der Waals surface area contributed by atoms with Gasteiger partial charge in [0.2, 0.25) is 11.8 Å². The lowest BCUT2D eigenvalue weighted by Crippen LogP contribution is -2.42. The first-order chi connectivity index (χ1) is 14.5. The van der Waals surface area contributed by atoms with Gasteiger partial charge in [0, 0.05) is 11.8 Å². The maximum Gasteiger partial charge on any atom is 0.305 e. The minimum atomic E-state index is -1.02. The summed E-state index contributed by atoms with van der Waals surface area (Å²) in [5.74, 6) is -1.43. The Morgan fingerprint density at radius 2 is 2.00 bits per heavy atom. The average molecular weight is 447 g/mol. The molecule has 0 spiro atoms. The van der Waals surface area contributed by atoms with Gasteiger partial charge < -0.3 is 14.5 Å². The number of nitrogens with zero attached hydrogens (tertiary/aromatic N) is 1. The largest absolute Gasteiger partial charge is 0.481 e. The van der Waals surface area contributed by atoms with Crippen LogP contribution in [0.5, 0.6) is 0 Å². The van der Waals surface area contributed by atoms with E-state index in [9.17, 15) is 19.2 Å². The number of carboxylic acids is 1. The van der Waals surface area contributed by atoms with Gasteiger partial charge >= 0.3 is 10.8 Å². The number of aromatic amines is 1. The van der Waals surface area contributed by atoms with E-state index >= 15 is 0 Å². The fourth-order valence-corrected chi connectivity index (χ4v) is 9.16. The second-order valence-corrected chi connectivity index (χ2v) is 10.7. The zero-order chi connectivity index (χ0) is 20.7. The summed E-state index contributed by atoms with van der Waals surface area (Å²) in [6.07, 6.45) is 2.19. The van der Waals surface area contributed by atoms with Crippen molar-refractivity contribution in [2.75, 3.05) is 6.54 Å². The van der Waals surface area contributed by atoms with Crippen LogP contribution >= 0.6 is 23.1 Å². The molecule has 0 radical (unpaired) electrons. The molecular formula is C20H18N2O6S2. The molecule has 2 aromatic rings. The Labute approximate surface area is 178 Å². The summed E-state index contributed by atoms with van der Waals surface area (Å²) in [5, 5.41) is 9.94. The molecule has 2 saturated carbocycles. The Morgan fingerprint density at radius 3 is 2.70 bits per heavy atom. The smallest absolute Gasteiger partial charge is 0.305 e. The fraction of sp³-hybridized carbons (Fsp3) is 0.500. The molecule has 2 aromatic heterocycles. The van der Waals surface area contributed by atoms with Crippen molar-refractivity contribution in [2.24, 2.45) is 29.6 Å². The van der Waals surface area contributed by atoms with Crippen LogP contribution in [0.4, 0.5) is 0 Å². The summed E-state index contributed by atoms with van der Waals surface area (Å²) in [6, 6.07) is 3.74.